The average Bonchev–Trinajstić information content (AvgIpc) is 2.61. The van der Waals surface area contributed by atoms with E-state index >= 15 is 0 Å². The lowest BCUT2D eigenvalue weighted by Gasteiger charge is -2.30. The van der Waals surface area contributed by atoms with Gasteiger partial charge in [0.2, 0.25) is 10.0 Å². The van der Waals surface area contributed by atoms with Crippen LogP contribution in [0.25, 0.3) is 0 Å². The molecule has 7 heteroatoms. The summed E-state index contributed by atoms with van der Waals surface area (Å²) in [5, 5.41) is 0. The highest BCUT2D eigenvalue weighted by atomic mass is 32.2. The molecular weight excluding hydrogens is 345 g/mol. The molecule has 2 aliphatic heterocycles. The third-order valence-electron chi connectivity index (χ3n) is 4.61. The minimum Gasteiger partial charge on any atom is -0.486 e. The monoisotopic (exact) mass is 363 g/mol. The summed E-state index contributed by atoms with van der Waals surface area (Å²) in [6.45, 7) is 3.22. The number of nitrogens with zero attached hydrogens (tertiary/aromatic N) is 1. The molecule has 0 spiro atoms. The molecule has 0 radical (unpaired) electrons. The average molecular weight is 363 g/mol. The van der Waals surface area contributed by atoms with E-state index in [0.717, 1.165) is 16.9 Å². The van der Waals surface area contributed by atoms with Crippen LogP contribution in [0.4, 0.5) is 4.39 Å². The molecule has 0 aliphatic carbocycles. The van der Waals surface area contributed by atoms with Crippen molar-refractivity contribution in [3.8, 4) is 11.5 Å². The second-order valence-corrected chi connectivity index (χ2v) is 8.20. The second kappa shape index (κ2) is 6.00. The van der Waals surface area contributed by atoms with E-state index < -0.39 is 15.8 Å². The molecule has 0 atom stereocenters. The Bertz CT molecular complexity index is 942. The van der Waals surface area contributed by atoms with Crippen LogP contribution in [0.15, 0.2) is 35.2 Å². The lowest BCUT2D eigenvalue weighted by molar-refractivity contribution is 0.171. The van der Waals surface area contributed by atoms with Crippen molar-refractivity contribution in [2.75, 3.05) is 19.8 Å². The molecule has 0 N–H and O–H groups in total. The van der Waals surface area contributed by atoms with Gasteiger partial charge in [0.15, 0.2) is 11.5 Å². The zero-order chi connectivity index (χ0) is 17.6. The largest absolute Gasteiger partial charge is 0.486 e. The normalized spacial score (nSPS) is 17.2. The summed E-state index contributed by atoms with van der Waals surface area (Å²) in [6, 6.07) is 7.69. The third-order valence-corrected chi connectivity index (χ3v) is 6.45. The number of sulfonamides is 1. The molecule has 132 valence electrons. The first-order chi connectivity index (χ1) is 11.9. The quantitative estimate of drug-likeness (QED) is 0.823. The molecule has 0 aromatic heterocycles. The molecule has 2 aromatic rings. The molecule has 0 amide bonds. The van der Waals surface area contributed by atoms with Crippen molar-refractivity contribution in [3.63, 3.8) is 0 Å². The number of benzene rings is 2. The number of hydrogen-bond acceptors (Lipinski definition) is 4. The highest BCUT2D eigenvalue weighted by Crippen LogP contribution is 2.36. The molecular formula is C18H18FNO4S. The smallest absolute Gasteiger partial charge is 0.243 e. The van der Waals surface area contributed by atoms with Crippen molar-refractivity contribution >= 4 is 10.0 Å². The lowest BCUT2D eigenvalue weighted by atomic mass is 10.00. The van der Waals surface area contributed by atoms with Crippen molar-refractivity contribution in [2.45, 2.75) is 24.8 Å². The number of aryl methyl sites for hydroxylation is 1. The van der Waals surface area contributed by atoms with E-state index in [2.05, 4.69) is 0 Å². The number of fused-ring (bicyclic) bond motifs is 2. The number of ether oxygens (including phenoxy) is 2. The van der Waals surface area contributed by atoms with Gasteiger partial charge in [0.1, 0.15) is 19.0 Å². The lowest BCUT2D eigenvalue weighted by Crippen LogP contribution is -2.36. The molecule has 2 heterocycles. The Labute approximate surface area is 146 Å². The summed E-state index contributed by atoms with van der Waals surface area (Å²) in [6.07, 6.45) is 0.603. The number of hydrogen-bond donors (Lipinski definition) is 0. The zero-order valence-corrected chi connectivity index (χ0v) is 14.6. The first-order valence-electron chi connectivity index (χ1n) is 8.13. The summed E-state index contributed by atoms with van der Waals surface area (Å²) in [5.41, 5.74) is 2.31. The maximum atomic E-state index is 13.5. The zero-order valence-electron chi connectivity index (χ0n) is 13.8. The van der Waals surface area contributed by atoms with Crippen molar-refractivity contribution < 1.29 is 22.3 Å². The second-order valence-electron chi connectivity index (χ2n) is 6.26. The SMILES string of the molecule is Cc1cc(S(=O)(=O)N2CCc3cc4c(cc3C2)OCCO4)ccc1F. The van der Waals surface area contributed by atoms with Gasteiger partial charge in [0.25, 0.3) is 0 Å². The van der Waals surface area contributed by atoms with Crippen LogP contribution in [0.2, 0.25) is 0 Å². The Morgan fingerprint density at radius 1 is 1.04 bits per heavy atom. The fraction of sp³-hybridized carbons (Fsp3) is 0.333. The van der Waals surface area contributed by atoms with E-state index in [-0.39, 0.29) is 11.4 Å². The van der Waals surface area contributed by atoms with Crippen LogP contribution in [0, 0.1) is 12.7 Å². The Morgan fingerprint density at radius 2 is 1.72 bits per heavy atom. The molecule has 0 bridgehead atoms. The fourth-order valence-electron chi connectivity index (χ4n) is 3.20. The fourth-order valence-corrected chi connectivity index (χ4v) is 4.70. The third kappa shape index (κ3) is 2.87. The van der Waals surface area contributed by atoms with E-state index in [1.54, 1.807) is 6.92 Å². The van der Waals surface area contributed by atoms with E-state index in [1.807, 2.05) is 12.1 Å². The Morgan fingerprint density at radius 3 is 2.40 bits per heavy atom. The highest BCUT2D eigenvalue weighted by Gasteiger charge is 2.30. The van der Waals surface area contributed by atoms with Gasteiger partial charge in [0.05, 0.1) is 4.90 Å². The summed E-state index contributed by atoms with van der Waals surface area (Å²) in [5.74, 6) is 0.962. The molecule has 2 aromatic carbocycles. The number of rotatable bonds is 2. The van der Waals surface area contributed by atoms with Gasteiger partial charge in [-0.25, -0.2) is 12.8 Å². The molecule has 4 rings (SSSR count). The van der Waals surface area contributed by atoms with Gasteiger partial charge in [-0.2, -0.15) is 4.31 Å². The first-order valence-corrected chi connectivity index (χ1v) is 9.57. The maximum Gasteiger partial charge on any atom is 0.243 e. The van der Waals surface area contributed by atoms with Crippen LogP contribution < -0.4 is 9.47 Å². The van der Waals surface area contributed by atoms with E-state index in [4.69, 9.17) is 9.47 Å². The molecule has 25 heavy (non-hydrogen) atoms. The van der Waals surface area contributed by atoms with Crippen LogP contribution in [0.1, 0.15) is 16.7 Å². The molecule has 0 fully saturated rings. The number of halogens is 1. The van der Waals surface area contributed by atoms with E-state index in [0.29, 0.717) is 37.5 Å². The van der Waals surface area contributed by atoms with Gasteiger partial charge < -0.3 is 9.47 Å². The van der Waals surface area contributed by atoms with Gasteiger partial charge >= 0.3 is 0 Å². The van der Waals surface area contributed by atoms with Crippen LogP contribution in [0.5, 0.6) is 11.5 Å². The van der Waals surface area contributed by atoms with Crippen LogP contribution in [-0.4, -0.2) is 32.5 Å². The predicted octanol–water partition coefficient (Wildman–Crippen LogP) is 2.65. The minimum absolute atomic E-state index is 0.118. The molecule has 0 unspecified atom stereocenters. The van der Waals surface area contributed by atoms with Crippen molar-refractivity contribution in [1.29, 1.82) is 0 Å². The molecule has 0 saturated heterocycles. The van der Waals surface area contributed by atoms with Gasteiger partial charge in [-0.15, -0.1) is 0 Å². The van der Waals surface area contributed by atoms with E-state index in [1.165, 1.54) is 22.5 Å². The van der Waals surface area contributed by atoms with Crippen LogP contribution in [-0.2, 0) is 23.0 Å². The summed E-state index contributed by atoms with van der Waals surface area (Å²) in [4.78, 5) is 0.118. The maximum absolute atomic E-state index is 13.5. The van der Waals surface area contributed by atoms with Crippen molar-refractivity contribution in [1.82, 2.24) is 4.31 Å². The Balaban J connectivity index is 1.66. The van der Waals surface area contributed by atoms with E-state index in [9.17, 15) is 12.8 Å². The van der Waals surface area contributed by atoms with Gasteiger partial charge in [-0.05, 0) is 60.4 Å². The molecule has 5 nitrogen and oxygen atoms in total. The first kappa shape index (κ1) is 16.4. The topological polar surface area (TPSA) is 55.8 Å². The summed E-state index contributed by atoms with van der Waals surface area (Å²) >= 11 is 0. The summed E-state index contributed by atoms with van der Waals surface area (Å²) < 4.78 is 51.8. The van der Waals surface area contributed by atoms with Gasteiger partial charge in [-0.3, -0.25) is 0 Å². The van der Waals surface area contributed by atoms with Gasteiger partial charge in [-0.1, -0.05) is 0 Å². The minimum atomic E-state index is -3.67. The van der Waals surface area contributed by atoms with Crippen molar-refractivity contribution in [3.05, 3.63) is 52.8 Å². The van der Waals surface area contributed by atoms with Crippen LogP contribution >= 0.6 is 0 Å². The Kier molecular flexibility index (Phi) is 3.92. The summed E-state index contributed by atoms with van der Waals surface area (Å²) in [7, 11) is -3.67. The van der Waals surface area contributed by atoms with Crippen LogP contribution in [0.3, 0.4) is 0 Å². The van der Waals surface area contributed by atoms with Gasteiger partial charge in [0, 0.05) is 13.1 Å². The molecule has 0 saturated carbocycles. The molecule has 2 aliphatic rings. The highest BCUT2D eigenvalue weighted by molar-refractivity contribution is 7.89. The standard InChI is InChI=1S/C18H18FNO4S/c1-12-8-15(2-3-16(12)19)25(21,22)20-5-4-13-9-17-18(10-14(13)11-20)24-7-6-23-17/h2-3,8-10H,4-7,11H2,1H3. The Hall–Kier alpha value is -2.12. The van der Waals surface area contributed by atoms with Crippen molar-refractivity contribution in [2.24, 2.45) is 0 Å². The predicted molar refractivity (Wildman–Crippen MR) is 89.9 cm³/mol.